The van der Waals surface area contributed by atoms with Crippen molar-refractivity contribution in [2.45, 2.75) is 38.8 Å². The van der Waals surface area contributed by atoms with Crippen LogP contribution in [0.25, 0.3) is 0 Å². The highest BCUT2D eigenvalue weighted by molar-refractivity contribution is 5.98. The van der Waals surface area contributed by atoms with E-state index in [4.69, 9.17) is 4.74 Å². The molecular weight excluding hydrogens is 334 g/mol. The molecule has 0 radical (unpaired) electrons. The lowest BCUT2D eigenvalue weighted by Crippen LogP contribution is -2.49. The predicted molar refractivity (Wildman–Crippen MR) is 93.4 cm³/mol. The van der Waals surface area contributed by atoms with E-state index in [-0.39, 0.29) is 31.1 Å². The molecule has 0 fully saturated rings. The number of H-pyrrole nitrogens is 1. The smallest absolute Gasteiger partial charge is 0.329 e. The fourth-order valence-corrected chi connectivity index (χ4v) is 3.09. The first-order valence-corrected chi connectivity index (χ1v) is 8.48. The summed E-state index contributed by atoms with van der Waals surface area (Å²) in [7, 11) is 1.30. The second kappa shape index (κ2) is 7.51. The van der Waals surface area contributed by atoms with Crippen molar-refractivity contribution in [3.05, 3.63) is 53.1 Å². The van der Waals surface area contributed by atoms with E-state index in [1.807, 2.05) is 19.1 Å². The number of carbonyl (C=O) groups is 3. The number of fused-ring (bicyclic) bond motifs is 1. The highest BCUT2D eigenvalue weighted by atomic mass is 16.5. The molecule has 2 aromatic rings. The van der Waals surface area contributed by atoms with Crippen LogP contribution in [0.1, 0.15) is 40.2 Å². The third kappa shape index (κ3) is 3.66. The minimum atomic E-state index is -0.710. The van der Waals surface area contributed by atoms with Crippen LogP contribution in [0.15, 0.2) is 30.6 Å². The van der Waals surface area contributed by atoms with E-state index in [9.17, 15) is 14.4 Å². The summed E-state index contributed by atoms with van der Waals surface area (Å²) in [6, 6.07) is 6.55. The molecule has 136 valence electrons. The number of carbonyl (C=O) groups excluding carboxylic acids is 3. The van der Waals surface area contributed by atoms with Gasteiger partial charge in [-0.3, -0.25) is 9.59 Å². The number of aromatic nitrogens is 2. The van der Waals surface area contributed by atoms with Gasteiger partial charge < -0.3 is 14.6 Å². The normalized spacial score (nSPS) is 16.1. The van der Waals surface area contributed by atoms with Gasteiger partial charge in [0.2, 0.25) is 5.91 Å². The zero-order valence-corrected chi connectivity index (χ0v) is 14.8. The molecule has 0 aliphatic carbocycles. The lowest BCUT2D eigenvalue weighted by atomic mass is 10.0. The van der Waals surface area contributed by atoms with Crippen molar-refractivity contribution in [3.63, 3.8) is 0 Å². The van der Waals surface area contributed by atoms with E-state index >= 15 is 0 Å². The van der Waals surface area contributed by atoms with Gasteiger partial charge in [-0.05, 0) is 6.92 Å². The fourth-order valence-electron chi connectivity index (χ4n) is 3.09. The SMILES string of the molecule is COC(=O)C1Cc2nc[nH]c2CN1C(=O)CCC(=O)c1ccc(C)cc1. The average Bonchev–Trinajstić information content (AvgIpc) is 3.12. The van der Waals surface area contributed by atoms with Gasteiger partial charge >= 0.3 is 5.97 Å². The molecule has 2 heterocycles. The van der Waals surface area contributed by atoms with Crippen molar-refractivity contribution in [3.8, 4) is 0 Å². The van der Waals surface area contributed by atoms with Crippen LogP contribution in [0.4, 0.5) is 0 Å². The van der Waals surface area contributed by atoms with E-state index in [1.54, 1.807) is 18.5 Å². The number of benzene rings is 1. The number of methoxy groups -OCH3 is 1. The first-order chi connectivity index (χ1) is 12.5. The summed E-state index contributed by atoms with van der Waals surface area (Å²) in [5.41, 5.74) is 3.23. The summed E-state index contributed by atoms with van der Waals surface area (Å²) in [5.74, 6) is -0.815. The van der Waals surface area contributed by atoms with Gasteiger partial charge in [-0.2, -0.15) is 0 Å². The number of nitrogens with zero attached hydrogens (tertiary/aromatic N) is 2. The number of rotatable bonds is 5. The van der Waals surface area contributed by atoms with Crippen LogP contribution in [-0.4, -0.2) is 45.7 Å². The molecule has 7 heteroatoms. The van der Waals surface area contributed by atoms with Crippen molar-refractivity contribution >= 4 is 17.7 Å². The number of Topliss-reactive ketones (excluding diaryl/α,β-unsaturated/α-hetero) is 1. The molecule has 1 atom stereocenters. The first kappa shape index (κ1) is 17.8. The number of hydrogen-bond donors (Lipinski definition) is 1. The lowest BCUT2D eigenvalue weighted by Gasteiger charge is -2.33. The van der Waals surface area contributed by atoms with Gasteiger partial charge in [0.15, 0.2) is 5.78 Å². The van der Waals surface area contributed by atoms with Gasteiger partial charge in [0.25, 0.3) is 0 Å². The van der Waals surface area contributed by atoms with Gasteiger partial charge in [-0.1, -0.05) is 29.8 Å². The molecule has 1 aromatic heterocycles. The molecule has 0 saturated heterocycles. The molecular formula is C19H21N3O4. The predicted octanol–water partition coefficient (Wildman–Crippen LogP) is 1.81. The minimum absolute atomic E-state index is 0.0453. The summed E-state index contributed by atoms with van der Waals surface area (Å²) in [5, 5.41) is 0. The Balaban J connectivity index is 1.68. The van der Waals surface area contributed by atoms with Gasteiger partial charge in [-0.15, -0.1) is 0 Å². The Bertz CT molecular complexity index is 826. The van der Waals surface area contributed by atoms with Crippen molar-refractivity contribution in [1.29, 1.82) is 0 Å². The number of hydrogen-bond acceptors (Lipinski definition) is 5. The second-order valence-corrected chi connectivity index (χ2v) is 6.38. The summed E-state index contributed by atoms with van der Waals surface area (Å²) >= 11 is 0. The Hall–Kier alpha value is -2.96. The molecule has 0 saturated carbocycles. The number of aryl methyl sites for hydroxylation is 1. The number of nitrogens with one attached hydrogen (secondary N) is 1. The summed E-state index contributed by atoms with van der Waals surface area (Å²) in [6.07, 6.45) is 2.00. The highest BCUT2D eigenvalue weighted by Gasteiger charge is 2.36. The number of ketones is 1. The minimum Gasteiger partial charge on any atom is -0.467 e. The molecule has 1 N–H and O–H groups in total. The van der Waals surface area contributed by atoms with Crippen molar-refractivity contribution in [2.24, 2.45) is 0 Å². The first-order valence-electron chi connectivity index (χ1n) is 8.48. The number of ether oxygens (including phenoxy) is 1. The molecule has 0 spiro atoms. The van der Waals surface area contributed by atoms with Crippen LogP contribution in [0.5, 0.6) is 0 Å². The Morgan fingerprint density at radius 3 is 2.65 bits per heavy atom. The van der Waals surface area contributed by atoms with Gasteiger partial charge in [0, 0.05) is 24.8 Å². The molecule has 0 bridgehead atoms. The van der Waals surface area contributed by atoms with E-state index in [0.29, 0.717) is 12.0 Å². The maximum Gasteiger partial charge on any atom is 0.329 e. The second-order valence-electron chi connectivity index (χ2n) is 6.38. The summed E-state index contributed by atoms with van der Waals surface area (Å²) < 4.78 is 4.83. The molecule has 3 rings (SSSR count). The number of aromatic amines is 1. The zero-order chi connectivity index (χ0) is 18.7. The summed E-state index contributed by atoms with van der Waals surface area (Å²) in [4.78, 5) is 45.7. The molecule has 7 nitrogen and oxygen atoms in total. The Morgan fingerprint density at radius 2 is 1.96 bits per heavy atom. The van der Waals surface area contributed by atoms with Crippen LogP contribution in [0, 0.1) is 6.92 Å². The molecule has 1 aromatic carbocycles. The maximum absolute atomic E-state index is 12.7. The third-order valence-electron chi connectivity index (χ3n) is 4.63. The van der Waals surface area contributed by atoms with Crippen LogP contribution in [-0.2, 0) is 27.3 Å². The van der Waals surface area contributed by atoms with Crippen molar-refractivity contribution < 1.29 is 19.1 Å². The van der Waals surface area contributed by atoms with Crippen LogP contribution in [0.2, 0.25) is 0 Å². The number of esters is 1. The third-order valence-corrected chi connectivity index (χ3v) is 4.63. The van der Waals surface area contributed by atoms with E-state index in [1.165, 1.54) is 12.0 Å². The van der Waals surface area contributed by atoms with E-state index in [0.717, 1.165) is 17.0 Å². The Morgan fingerprint density at radius 1 is 1.23 bits per heavy atom. The largest absolute Gasteiger partial charge is 0.467 e. The molecule has 1 aliphatic heterocycles. The Labute approximate surface area is 151 Å². The van der Waals surface area contributed by atoms with E-state index < -0.39 is 12.0 Å². The lowest BCUT2D eigenvalue weighted by molar-refractivity contribution is -0.154. The maximum atomic E-state index is 12.7. The number of amides is 1. The van der Waals surface area contributed by atoms with Crippen LogP contribution < -0.4 is 0 Å². The summed E-state index contributed by atoms with van der Waals surface area (Å²) in [6.45, 7) is 2.21. The Kier molecular flexibility index (Phi) is 5.16. The average molecular weight is 355 g/mol. The molecule has 26 heavy (non-hydrogen) atoms. The standard InChI is InChI=1S/C19H21N3O4/c1-12-3-5-13(6-4-12)17(23)7-8-18(24)22-10-15-14(20-11-21-15)9-16(22)19(25)26-2/h3-6,11,16H,7-10H2,1-2H3,(H,20,21). The fraction of sp³-hybridized carbons (Fsp3) is 0.368. The number of imidazole rings is 1. The molecule has 1 amide bonds. The van der Waals surface area contributed by atoms with E-state index in [2.05, 4.69) is 9.97 Å². The zero-order valence-electron chi connectivity index (χ0n) is 14.8. The molecule has 1 aliphatic rings. The van der Waals surface area contributed by atoms with Crippen LogP contribution >= 0.6 is 0 Å². The highest BCUT2D eigenvalue weighted by Crippen LogP contribution is 2.23. The van der Waals surface area contributed by atoms with Crippen molar-refractivity contribution in [2.75, 3.05) is 7.11 Å². The van der Waals surface area contributed by atoms with Crippen molar-refractivity contribution in [1.82, 2.24) is 14.9 Å². The quantitative estimate of drug-likeness (QED) is 0.652. The van der Waals surface area contributed by atoms with Gasteiger partial charge in [-0.25, -0.2) is 9.78 Å². The topological polar surface area (TPSA) is 92.4 Å². The van der Waals surface area contributed by atoms with Crippen LogP contribution in [0.3, 0.4) is 0 Å². The monoisotopic (exact) mass is 355 g/mol. The van der Waals surface area contributed by atoms with Gasteiger partial charge in [0.05, 0.1) is 31.4 Å². The molecule has 1 unspecified atom stereocenters. The van der Waals surface area contributed by atoms with Gasteiger partial charge in [0.1, 0.15) is 6.04 Å².